The van der Waals surface area contributed by atoms with Crippen LogP contribution in [0.5, 0.6) is 0 Å². The molecular formula is C28H39F4N3O3. The monoisotopic (exact) mass is 541 g/mol. The maximum Gasteiger partial charge on any atom is 0.287 e. The minimum absolute atomic E-state index is 0.0509. The molecule has 0 saturated heterocycles. The van der Waals surface area contributed by atoms with Gasteiger partial charge in [-0.15, -0.1) is 0 Å². The fourth-order valence-electron chi connectivity index (χ4n) is 5.80. The Balaban J connectivity index is 1.88. The molecule has 1 aromatic carbocycles. The molecule has 38 heavy (non-hydrogen) atoms. The number of amides is 2. The predicted molar refractivity (Wildman–Crippen MR) is 138 cm³/mol. The standard InChI is InChI=1S/C28H39F4N3O3/c1-16(27(36)35-26(32)25(30)31)20-14-21(29)22(13-19(20)15-38-2)34-28(37)24(33)23(17-9-5-3-6-10-17)18-11-7-4-8-12-18/h13-14,16-18,25-26H,3-12,15,33H2,1-2H3,(H,34,37)(H,35,36). The Kier molecular flexibility index (Phi) is 11.0. The Hall–Kier alpha value is -2.62. The molecule has 10 heteroatoms. The largest absolute Gasteiger partial charge is 0.394 e. The van der Waals surface area contributed by atoms with Crippen LogP contribution in [-0.2, 0) is 20.9 Å². The zero-order valence-corrected chi connectivity index (χ0v) is 22.1. The van der Waals surface area contributed by atoms with E-state index in [1.54, 1.807) is 5.32 Å². The third-order valence-electron chi connectivity index (χ3n) is 7.78. The van der Waals surface area contributed by atoms with Gasteiger partial charge in [-0.2, -0.15) is 0 Å². The molecule has 212 valence electrons. The Morgan fingerprint density at radius 2 is 1.55 bits per heavy atom. The Labute approximate surface area is 221 Å². The average Bonchev–Trinajstić information content (AvgIpc) is 2.91. The summed E-state index contributed by atoms with van der Waals surface area (Å²) in [6.45, 7) is 1.30. The first-order valence-electron chi connectivity index (χ1n) is 13.5. The molecule has 4 N–H and O–H groups in total. The number of methoxy groups -OCH3 is 1. The van der Waals surface area contributed by atoms with Gasteiger partial charge in [0.1, 0.15) is 5.82 Å². The number of carbonyl (C=O) groups excluding carboxylic acids is 2. The molecule has 2 aliphatic rings. The summed E-state index contributed by atoms with van der Waals surface area (Å²) in [6, 6.07) is 2.37. The molecule has 1 aromatic rings. The van der Waals surface area contributed by atoms with Crippen molar-refractivity contribution in [3.8, 4) is 0 Å². The lowest BCUT2D eigenvalue weighted by Gasteiger charge is -2.33. The molecular weight excluding hydrogens is 502 g/mol. The number of hydrogen-bond donors (Lipinski definition) is 3. The van der Waals surface area contributed by atoms with Crippen molar-refractivity contribution in [2.45, 2.75) is 96.4 Å². The van der Waals surface area contributed by atoms with Gasteiger partial charge in [-0.25, -0.2) is 17.6 Å². The fraction of sp³-hybridized carbons (Fsp3) is 0.643. The van der Waals surface area contributed by atoms with E-state index in [4.69, 9.17) is 10.5 Å². The number of hydrogen-bond acceptors (Lipinski definition) is 4. The highest BCUT2D eigenvalue weighted by Gasteiger charge is 2.31. The second-order valence-corrected chi connectivity index (χ2v) is 10.4. The van der Waals surface area contributed by atoms with Gasteiger partial charge in [0.15, 0.2) is 0 Å². The number of carbonyl (C=O) groups is 2. The number of allylic oxidation sites excluding steroid dienone is 1. The first-order valence-corrected chi connectivity index (χ1v) is 13.5. The lowest BCUT2D eigenvalue weighted by atomic mass is 9.73. The van der Waals surface area contributed by atoms with Crippen LogP contribution in [0.25, 0.3) is 0 Å². The third kappa shape index (κ3) is 7.48. The van der Waals surface area contributed by atoms with Crippen LogP contribution in [0, 0.1) is 17.7 Å². The van der Waals surface area contributed by atoms with E-state index in [0.717, 1.165) is 63.0 Å². The molecule has 2 fully saturated rings. The molecule has 3 rings (SSSR count). The lowest BCUT2D eigenvalue weighted by Crippen LogP contribution is -2.39. The summed E-state index contributed by atoms with van der Waals surface area (Å²) in [5.41, 5.74) is 7.97. The second-order valence-electron chi connectivity index (χ2n) is 10.4. The summed E-state index contributed by atoms with van der Waals surface area (Å²) in [4.78, 5) is 25.6. The first-order chi connectivity index (χ1) is 18.1. The summed E-state index contributed by atoms with van der Waals surface area (Å²) in [7, 11) is 1.39. The number of anilines is 1. The molecule has 2 amide bonds. The maximum atomic E-state index is 15.2. The van der Waals surface area contributed by atoms with E-state index in [1.807, 2.05) is 0 Å². The highest BCUT2D eigenvalue weighted by molar-refractivity contribution is 6.03. The van der Waals surface area contributed by atoms with Crippen molar-refractivity contribution in [2.24, 2.45) is 17.6 Å². The van der Waals surface area contributed by atoms with Crippen molar-refractivity contribution in [3.63, 3.8) is 0 Å². The van der Waals surface area contributed by atoms with Crippen LogP contribution < -0.4 is 16.4 Å². The van der Waals surface area contributed by atoms with Crippen LogP contribution in [0.4, 0.5) is 23.2 Å². The summed E-state index contributed by atoms with van der Waals surface area (Å²) < 4.78 is 58.8. The second kappa shape index (κ2) is 14.0. The van der Waals surface area contributed by atoms with Crippen molar-refractivity contribution in [1.82, 2.24) is 5.32 Å². The molecule has 2 aliphatic carbocycles. The summed E-state index contributed by atoms with van der Waals surface area (Å²) in [6.07, 6.45) is 4.47. The van der Waals surface area contributed by atoms with Crippen LogP contribution in [0.2, 0.25) is 0 Å². The van der Waals surface area contributed by atoms with Crippen LogP contribution in [0.15, 0.2) is 23.4 Å². The van der Waals surface area contributed by atoms with E-state index in [2.05, 4.69) is 5.32 Å². The van der Waals surface area contributed by atoms with Gasteiger partial charge in [0.2, 0.25) is 12.2 Å². The average molecular weight is 542 g/mol. The van der Waals surface area contributed by atoms with E-state index in [-0.39, 0.29) is 35.4 Å². The van der Waals surface area contributed by atoms with Crippen molar-refractivity contribution in [3.05, 3.63) is 40.3 Å². The van der Waals surface area contributed by atoms with E-state index in [0.29, 0.717) is 5.56 Å². The number of halogens is 4. The van der Waals surface area contributed by atoms with Crippen molar-refractivity contribution in [1.29, 1.82) is 0 Å². The Bertz CT molecular complexity index is 985. The number of alkyl halides is 3. The topological polar surface area (TPSA) is 93.4 Å². The van der Waals surface area contributed by atoms with E-state index >= 15 is 4.39 Å². The van der Waals surface area contributed by atoms with Crippen molar-refractivity contribution < 1.29 is 31.9 Å². The van der Waals surface area contributed by atoms with Gasteiger partial charge < -0.3 is 21.1 Å². The van der Waals surface area contributed by atoms with Gasteiger partial charge in [0, 0.05) is 7.11 Å². The highest BCUT2D eigenvalue weighted by atomic mass is 19.3. The molecule has 2 unspecified atom stereocenters. The summed E-state index contributed by atoms with van der Waals surface area (Å²) >= 11 is 0. The smallest absolute Gasteiger partial charge is 0.287 e. The van der Waals surface area contributed by atoms with Crippen LogP contribution in [0.1, 0.15) is 88.2 Å². The van der Waals surface area contributed by atoms with Gasteiger partial charge in [0.25, 0.3) is 12.3 Å². The number of nitrogens with one attached hydrogen (secondary N) is 2. The van der Waals surface area contributed by atoms with Crippen molar-refractivity contribution >= 4 is 17.5 Å². The normalized spacial score (nSPS) is 18.6. The van der Waals surface area contributed by atoms with Crippen LogP contribution in [-0.4, -0.2) is 31.6 Å². The molecule has 2 atom stereocenters. The zero-order valence-electron chi connectivity index (χ0n) is 22.1. The molecule has 0 aliphatic heterocycles. The van der Waals surface area contributed by atoms with Crippen LogP contribution in [0.3, 0.4) is 0 Å². The van der Waals surface area contributed by atoms with E-state index < -0.39 is 36.3 Å². The molecule has 0 heterocycles. The number of benzene rings is 1. The number of ether oxygens (including phenoxy) is 1. The van der Waals surface area contributed by atoms with Gasteiger partial charge in [-0.05, 0) is 73.3 Å². The number of rotatable bonds is 10. The predicted octanol–water partition coefficient (Wildman–Crippen LogP) is 6.06. The van der Waals surface area contributed by atoms with Crippen LogP contribution >= 0.6 is 0 Å². The quantitative estimate of drug-likeness (QED) is 0.191. The zero-order chi connectivity index (χ0) is 27.8. The molecule has 0 radical (unpaired) electrons. The van der Waals surface area contributed by atoms with Gasteiger partial charge in [-0.3, -0.25) is 9.59 Å². The van der Waals surface area contributed by atoms with E-state index in [1.165, 1.54) is 32.9 Å². The Morgan fingerprint density at radius 1 is 1.00 bits per heavy atom. The fourth-order valence-corrected chi connectivity index (χ4v) is 5.80. The molecule has 0 aromatic heterocycles. The molecule has 6 nitrogen and oxygen atoms in total. The van der Waals surface area contributed by atoms with Gasteiger partial charge in [0.05, 0.1) is 23.9 Å². The minimum atomic E-state index is -3.38. The first kappa shape index (κ1) is 29.9. The number of nitrogens with two attached hydrogens (primary N) is 1. The highest BCUT2D eigenvalue weighted by Crippen LogP contribution is 2.40. The molecule has 2 saturated carbocycles. The molecule has 0 bridgehead atoms. The minimum Gasteiger partial charge on any atom is -0.394 e. The maximum absolute atomic E-state index is 15.2. The van der Waals surface area contributed by atoms with Gasteiger partial charge >= 0.3 is 0 Å². The van der Waals surface area contributed by atoms with Crippen molar-refractivity contribution in [2.75, 3.05) is 12.4 Å². The van der Waals surface area contributed by atoms with E-state index in [9.17, 15) is 22.8 Å². The SMILES string of the molecule is COCc1cc(NC(=O)C(N)=C(C2CCCCC2)C2CCCCC2)c(F)cc1C(C)C(=O)NC(F)C(F)F. The lowest BCUT2D eigenvalue weighted by molar-refractivity contribution is -0.126. The summed E-state index contributed by atoms with van der Waals surface area (Å²) in [5.74, 6) is -3.08. The molecule has 0 spiro atoms. The van der Waals surface area contributed by atoms with Gasteiger partial charge in [-0.1, -0.05) is 38.5 Å². The Morgan fingerprint density at radius 3 is 2.05 bits per heavy atom. The summed E-state index contributed by atoms with van der Waals surface area (Å²) in [5, 5.41) is 4.19. The third-order valence-corrected chi connectivity index (χ3v) is 7.78.